The molecular weight excluding hydrogens is 1560 g/mol. The zero-order valence-corrected chi connectivity index (χ0v) is 69.1. The summed E-state index contributed by atoms with van der Waals surface area (Å²) in [6.45, 7) is 4.49. The number of hydrogen-bond donors (Lipinski definition) is 18. The number of carboxylic acid groups (broad SMARTS) is 3. The van der Waals surface area contributed by atoms with Crippen LogP contribution in [0.4, 0.5) is 0 Å². The van der Waals surface area contributed by atoms with Gasteiger partial charge >= 0.3 is 17.9 Å². The molecule has 18 atom stereocenters. The van der Waals surface area contributed by atoms with Gasteiger partial charge in [0, 0.05) is 79.7 Å². The number of benzene rings is 1. The number of unbranched alkanes of at least 4 members (excludes halogenated alkanes) is 6. The molecular formula is C72H125N3O27S6Si. The molecule has 0 radical (unpaired) electrons. The standard InChI is InChI=1S/C72H125N3O27S6Si/c1-48(79)73-58-52(82)42-70(67(91)92,100-64(58)61(88)55(85)45-76)106-36-13-5-10-24-97-27-16-30-103-33-19-39-109(51-22-8-4-9-23-51,40-20-34-104-31-17-28-98-25-11-6-14-37-107-71(68(93)94)43-53(83)59(74-49(2)80)65(101-71)62(89)56(86)46-77)41-21-35-105-32-18-29-99-26-12-7-15-38-108-72(69(95)96)44-54(84)60(75-50(3)81)66(102-72)63(90)57(87)47-78/h4,8-9,22-23,52-66,76-78,82-90H,5-7,10-21,24-47H2,1-3H3,(H,73,79)(H,74,80)(H,75,81)(H,91,92)(H,93,94)(H,95,96)/t52-,53-,54-,55+,56+,57+,58+,59+,60+,61-,62-,63-,64+,65+,66+,70-,71-,72-/m0/s1. The van der Waals surface area contributed by atoms with Gasteiger partial charge in [0.1, 0.15) is 54.9 Å². The normalized spacial score (nSPS) is 26.2. The van der Waals surface area contributed by atoms with Crippen molar-refractivity contribution >= 4 is 119 Å². The summed E-state index contributed by atoms with van der Waals surface area (Å²) < 4.78 is 35.6. The van der Waals surface area contributed by atoms with Crippen molar-refractivity contribution in [2.75, 3.05) is 111 Å². The number of ether oxygens (including phenoxy) is 6. The van der Waals surface area contributed by atoms with Crippen LogP contribution in [-0.4, -0.2) is 338 Å². The lowest BCUT2D eigenvalue weighted by atomic mass is 9.90. The molecule has 0 aromatic heterocycles. The monoisotopic (exact) mass is 1680 g/mol. The van der Waals surface area contributed by atoms with Crippen molar-refractivity contribution in [2.45, 2.75) is 261 Å². The molecule has 1 aromatic rings. The van der Waals surface area contributed by atoms with Gasteiger partial charge in [-0.1, -0.05) is 72.9 Å². The summed E-state index contributed by atoms with van der Waals surface area (Å²) in [4.78, 5) is 67.6. The predicted molar refractivity (Wildman–Crippen MR) is 425 cm³/mol. The van der Waals surface area contributed by atoms with Gasteiger partial charge in [-0.3, -0.25) is 14.4 Å². The van der Waals surface area contributed by atoms with E-state index >= 15 is 0 Å². The summed E-state index contributed by atoms with van der Waals surface area (Å²) in [6, 6.07) is 11.0. The van der Waals surface area contributed by atoms with Crippen molar-refractivity contribution < 1.29 is 134 Å². The molecule has 37 heteroatoms. The number of thioether (sulfide) groups is 6. The molecule has 3 aliphatic rings. The van der Waals surface area contributed by atoms with E-state index in [-0.39, 0.29) is 19.3 Å². The number of hydrogen-bond acceptors (Lipinski definition) is 30. The second-order valence-corrected chi connectivity index (χ2v) is 40.4. The van der Waals surface area contributed by atoms with Crippen LogP contribution in [0.2, 0.25) is 18.1 Å². The largest absolute Gasteiger partial charge is 0.478 e. The number of carboxylic acids is 3. The summed E-state index contributed by atoms with van der Waals surface area (Å²) in [6.07, 6.45) is -8.07. The topological polar surface area (TPSA) is 497 Å². The second kappa shape index (κ2) is 53.8. The molecule has 0 bridgehead atoms. The first-order valence-corrected chi connectivity index (χ1v) is 47.1. The Bertz CT molecular complexity index is 2500. The molecule has 0 unspecified atom stereocenters. The Kier molecular flexibility index (Phi) is 48.9. The summed E-state index contributed by atoms with van der Waals surface area (Å²) in [5.74, 6) is 1.26. The van der Waals surface area contributed by atoms with Crippen LogP contribution in [0, 0.1) is 0 Å². The molecule has 3 saturated heterocycles. The van der Waals surface area contributed by atoms with E-state index in [0.29, 0.717) is 76.2 Å². The first-order chi connectivity index (χ1) is 52.1. The smallest absolute Gasteiger partial charge is 0.346 e. The predicted octanol–water partition coefficient (Wildman–Crippen LogP) is 2.09. The van der Waals surface area contributed by atoms with Crippen molar-refractivity contribution in [1.29, 1.82) is 0 Å². The van der Waals surface area contributed by atoms with Crippen LogP contribution in [0.5, 0.6) is 0 Å². The highest BCUT2D eigenvalue weighted by Crippen LogP contribution is 2.44. The number of amides is 3. The molecule has 0 aliphatic carbocycles. The third-order valence-electron chi connectivity index (χ3n) is 19.3. The van der Waals surface area contributed by atoms with Crippen LogP contribution in [0.1, 0.15) is 136 Å². The van der Waals surface area contributed by atoms with Crippen LogP contribution in [0.3, 0.4) is 0 Å². The molecule has 630 valence electrons. The van der Waals surface area contributed by atoms with Crippen LogP contribution < -0.4 is 21.1 Å². The highest BCUT2D eigenvalue weighted by Gasteiger charge is 2.58. The molecule has 3 heterocycles. The van der Waals surface area contributed by atoms with Crippen LogP contribution in [-0.2, 0) is 57.2 Å². The lowest BCUT2D eigenvalue weighted by Gasteiger charge is -2.46. The number of aliphatic hydroxyl groups is 12. The number of nitrogens with one attached hydrogen (secondary N) is 3. The first kappa shape index (κ1) is 99.0. The van der Waals surface area contributed by atoms with Gasteiger partial charge in [0.15, 0.2) is 0 Å². The molecule has 3 amide bonds. The van der Waals surface area contributed by atoms with Gasteiger partial charge in [0.2, 0.25) is 32.5 Å². The minimum absolute atomic E-state index is 0.352. The molecule has 0 saturated carbocycles. The maximum atomic E-state index is 12.6. The lowest BCUT2D eigenvalue weighted by Crippen LogP contribution is -2.66. The van der Waals surface area contributed by atoms with Crippen molar-refractivity contribution in [2.24, 2.45) is 0 Å². The van der Waals surface area contributed by atoms with Gasteiger partial charge in [-0.2, -0.15) is 35.3 Å². The van der Waals surface area contributed by atoms with Crippen molar-refractivity contribution in [1.82, 2.24) is 16.0 Å². The molecule has 30 nitrogen and oxygen atoms in total. The van der Waals surface area contributed by atoms with Gasteiger partial charge < -0.3 is 121 Å². The van der Waals surface area contributed by atoms with Crippen molar-refractivity contribution in [3.05, 3.63) is 30.3 Å². The van der Waals surface area contributed by atoms with E-state index in [9.17, 15) is 105 Å². The molecule has 109 heavy (non-hydrogen) atoms. The number of aliphatic hydroxyl groups excluding tert-OH is 12. The fourth-order valence-corrected chi connectivity index (χ4v) is 25.8. The summed E-state index contributed by atoms with van der Waals surface area (Å²) in [5.41, 5.74) is 0. The Labute approximate surface area is 667 Å². The Morgan fingerprint density at radius 2 is 0.679 bits per heavy atom. The minimum Gasteiger partial charge on any atom is -0.478 e. The Hall–Kier alpha value is -2.36. The van der Waals surface area contributed by atoms with E-state index in [1.54, 1.807) is 0 Å². The maximum Gasteiger partial charge on any atom is 0.346 e. The molecule has 18 N–H and O–H groups in total. The highest BCUT2D eigenvalue weighted by atomic mass is 32.2. The van der Waals surface area contributed by atoms with Crippen LogP contribution >= 0.6 is 70.6 Å². The first-order valence-electron chi connectivity index (χ1n) is 38.0. The average molecular weight is 1690 g/mol. The quantitative estimate of drug-likeness (QED) is 0.0328. The zero-order chi connectivity index (χ0) is 80.4. The SMILES string of the molecule is CC(=O)N[C@H]1[C@H]([C@@H](O)[C@H](O)CO)O[C@@](SCCCCCOCCCSCCC[Si](CCCSCCCOCCCCCS[C@]2(C(=O)O)C[C@H](O)[C@@H](NC(C)=O)[C@H]([C@@H](O)[C@H](O)CO)O2)(CCCSCCCOCCCCCS[C@]2(C(=O)O)C[C@H](O)[C@@H](NC(C)=O)[C@H]([C@@H](O)[C@H](O)CO)O2)c2ccccc2)(C(=O)O)C[C@@H]1O. The second-order valence-electron chi connectivity index (χ2n) is 28.1. The van der Waals surface area contributed by atoms with E-state index in [4.69, 9.17) is 28.4 Å². The number of carbonyl (C=O) groups excluding carboxylic acids is 3. The van der Waals surface area contributed by atoms with Crippen LogP contribution in [0.15, 0.2) is 30.3 Å². The van der Waals surface area contributed by atoms with Gasteiger partial charge in [-0.05, 0) is 129 Å². The highest BCUT2D eigenvalue weighted by molar-refractivity contribution is 8.01. The molecule has 1 aromatic carbocycles. The fraction of sp³-hybridized carbons (Fsp3) is 0.833. The Balaban J connectivity index is 1.21. The van der Waals surface area contributed by atoms with Crippen molar-refractivity contribution in [3.8, 4) is 0 Å². The Morgan fingerprint density at radius 3 is 0.936 bits per heavy atom. The molecule has 3 aliphatic heterocycles. The van der Waals surface area contributed by atoms with Crippen molar-refractivity contribution in [3.63, 3.8) is 0 Å². The van der Waals surface area contributed by atoms with E-state index in [0.717, 1.165) is 147 Å². The third kappa shape index (κ3) is 34.0. The average Bonchev–Trinajstić information content (AvgIpc) is 0.781. The number of aliphatic carboxylic acids is 3. The van der Waals surface area contributed by atoms with Gasteiger partial charge in [0.25, 0.3) is 0 Å². The maximum absolute atomic E-state index is 12.6. The summed E-state index contributed by atoms with van der Waals surface area (Å²) in [7, 11) is -1.99. The number of carbonyl (C=O) groups is 6. The van der Waals surface area contributed by atoms with E-state index in [1.807, 2.05) is 35.3 Å². The molecule has 4 rings (SSSR count). The lowest BCUT2D eigenvalue weighted by molar-refractivity contribution is -0.205. The summed E-state index contributed by atoms with van der Waals surface area (Å²) in [5, 5.41) is 164. The zero-order valence-electron chi connectivity index (χ0n) is 63.2. The molecule has 0 spiro atoms. The van der Waals surface area contributed by atoms with E-state index < -0.39 is 170 Å². The summed E-state index contributed by atoms with van der Waals surface area (Å²) >= 11 is 8.74. The van der Waals surface area contributed by atoms with Gasteiger partial charge in [0.05, 0.1) is 64.3 Å². The van der Waals surface area contributed by atoms with E-state index in [1.165, 1.54) is 44.1 Å². The van der Waals surface area contributed by atoms with Crippen LogP contribution in [0.25, 0.3) is 0 Å². The molecule has 3 fully saturated rings. The Morgan fingerprint density at radius 1 is 0.413 bits per heavy atom. The fourth-order valence-electron chi connectivity index (χ4n) is 13.5. The van der Waals surface area contributed by atoms with Gasteiger partial charge in [-0.15, -0.1) is 35.3 Å². The minimum atomic E-state index is -1.99. The van der Waals surface area contributed by atoms with E-state index in [2.05, 4.69) is 46.3 Å². The number of rotatable bonds is 61. The third-order valence-corrected chi connectivity index (χ3v) is 32.5. The van der Waals surface area contributed by atoms with Gasteiger partial charge in [-0.25, -0.2) is 14.4 Å².